The van der Waals surface area contributed by atoms with E-state index in [0.29, 0.717) is 5.56 Å². The number of anilines is 1. The van der Waals surface area contributed by atoms with Crippen molar-refractivity contribution in [3.63, 3.8) is 0 Å². The summed E-state index contributed by atoms with van der Waals surface area (Å²) in [6, 6.07) is 3.12. The van der Waals surface area contributed by atoms with E-state index in [1.165, 1.54) is 6.07 Å². The first-order valence-corrected chi connectivity index (χ1v) is 4.29. The highest BCUT2D eigenvalue weighted by atomic mass is 16.6. The van der Waals surface area contributed by atoms with Crippen LogP contribution in [-0.2, 0) is 0 Å². The van der Waals surface area contributed by atoms with Crippen molar-refractivity contribution in [3.05, 3.63) is 33.4 Å². The maximum atomic E-state index is 10.7. The molecule has 0 saturated heterocycles. The number of hydrogen-bond acceptors (Lipinski definition) is 4. The quantitative estimate of drug-likeness (QED) is 0.307. The minimum atomic E-state index is -0.518. The molecule has 0 radical (unpaired) electrons. The third-order valence-electron chi connectivity index (χ3n) is 1.82. The van der Waals surface area contributed by atoms with Gasteiger partial charge in [-0.25, -0.2) is 0 Å². The van der Waals surface area contributed by atoms with Gasteiger partial charge in [0.1, 0.15) is 5.69 Å². The van der Waals surface area contributed by atoms with Gasteiger partial charge >= 0.3 is 0 Å². The first-order chi connectivity index (χ1) is 7.06. The van der Waals surface area contributed by atoms with Crippen molar-refractivity contribution < 1.29 is 4.92 Å². The molecule has 1 aromatic rings. The third-order valence-corrected chi connectivity index (χ3v) is 1.82. The second kappa shape index (κ2) is 4.44. The number of nitrogens with two attached hydrogens (primary N) is 2. The molecule has 15 heavy (non-hydrogen) atoms. The molecule has 0 fully saturated rings. The molecule has 0 saturated carbocycles. The molecule has 0 atom stereocenters. The summed E-state index contributed by atoms with van der Waals surface area (Å²) in [5, 5.41) is 10.7. The van der Waals surface area contributed by atoms with Crippen molar-refractivity contribution in [3.8, 4) is 11.8 Å². The zero-order valence-electron chi connectivity index (χ0n) is 8.28. The summed E-state index contributed by atoms with van der Waals surface area (Å²) in [5.41, 5.74) is 12.0. The van der Waals surface area contributed by atoms with Crippen LogP contribution in [0.5, 0.6) is 0 Å². The van der Waals surface area contributed by atoms with E-state index in [9.17, 15) is 10.1 Å². The molecule has 0 aliphatic heterocycles. The molecule has 1 rings (SSSR count). The Bertz CT molecular complexity index is 458. The van der Waals surface area contributed by atoms with Crippen LogP contribution in [-0.4, -0.2) is 11.5 Å². The van der Waals surface area contributed by atoms with E-state index >= 15 is 0 Å². The van der Waals surface area contributed by atoms with E-state index in [-0.39, 0.29) is 17.9 Å². The molecular weight excluding hydrogens is 194 g/mol. The molecule has 0 unspecified atom stereocenters. The minimum absolute atomic E-state index is 0.0894. The highest BCUT2D eigenvalue weighted by Gasteiger charge is 2.14. The number of nitrogen functional groups attached to an aromatic ring is 1. The number of nitro groups is 1. The maximum Gasteiger partial charge on any atom is 0.293 e. The molecule has 0 aliphatic carbocycles. The smallest absolute Gasteiger partial charge is 0.293 e. The summed E-state index contributed by atoms with van der Waals surface area (Å²) >= 11 is 0. The lowest BCUT2D eigenvalue weighted by atomic mass is 10.1. The van der Waals surface area contributed by atoms with E-state index in [0.717, 1.165) is 5.56 Å². The summed E-state index contributed by atoms with van der Waals surface area (Å²) in [6.45, 7) is 1.95. The molecule has 0 amide bonds. The Kier molecular flexibility index (Phi) is 3.26. The fourth-order valence-electron chi connectivity index (χ4n) is 1.18. The minimum Gasteiger partial charge on any atom is -0.392 e. The second-order valence-electron chi connectivity index (χ2n) is 3.01. The van der Waals surface area contributed by atoms with E-state index in [1.54, 1.807) is 13.0 Å². The van der Waals surface area contributed by atoms with Crippen LogP contribution in [0.1, 0.15) is 11.1 Å². The molecule has 5 heteroatoms. The van der Waals surface area contributed by atoms with Crippen molar-refractivity contribution in [1.82, 2.24) is 0 Å². The first kappa shape index (κ1) is 11.0. The fraction of sp³-hybridized carbons (Fsp3) is 0.200. The Morgan fingerprint density at radius 3 is 2.73 bits per heavy atom. The lowest BCUT2D eigenvalue weighted by Gasteiger charge is -2.01. The van der Waals surface area contributed by atoms with Crippen molar-refractivity contribution in [2.45, 2.75) is 6.92 Å². The highest BCUT2D eigenvalue weighted by molar-refractivity contribution is 5.69. The van der Waals surface area contributed by atoms with E-state index in [1.807, 2.05) is 0 Å². The Morgan fingerprint density at radius 1 is 1.53 bits per heavy atom. The van der Waals surface area contributed by atoms with Gasteiger partial charge in [-0.2, -0.15) is 0 Å². The molecule has 78 valence electrons. The average Bonchev–Trinajstić information content (AvgIpc) is 2.18. The van der Waals surface area contributed by atoms with Crippen molar-refractivity contribution in [1.29, 1.82) is 0 Å². The van der Waals surface area contributed by atoms with Crippen molar-refractivity contribution in [2.24, 2.45) is 5.73 Å². The predicted octanol–water partition coefficient (Wildman–Crippen LogP) is 0.796. The van der Waals surface area contributed by atoms with E-state index < -0.39 is 4.92 Å². The van der Waals surface area contributed by atoms with Crippen LogP contribution in [0.15, 0.2) is 12.1 Å². The normalized spacial score (nSPS) is 9.20. The monoisotopic (exact) mass is 205 g/mol. The zero-order valence-corrected chi connectivity index (χ0v) is 8.28. The lowest BCUT2D eigenvalue weighted by Crippen LogP contribution is -2.00. The van der Waals surface area contributed by atoms with Crippen molar-refractivity contribution in [2.75, 3.05) is 12.3 Å². The largest absolute Gasteiger partial charge is 0.392 e. The van der Waals surface area contributed by atoms with Crippen molar-refractivity contribution >= 4 is 11.4 Å². The maximum absolute atomic E-state index is 10.7. The number of nitrogens with zero attached hydrogens (tertiary/aromatic N) is 1. The van der Waals surface area contributed by atoms with Gasteiger partial charge in [-0.05, 0) is 18.6 Å². The van der Waals surface area contributed by atoms with Gasteiger partial charge in [0.15, 0.2) is 0 Å². The zero-order chi connectivity index (χ0) is 11.4. The second-order valence-corrected chi connectivity index (χ2v) is 3.01. The van der Waals surface area contributed by atoms with Gasteiger partial charge < -0.3 is 11.5 Å². The van der Waals surface area contributed by atoms with Gasteiger partial charge in [-0.15, -0.1) is 0 Å². The van der Waals surface area contributed by atoms with Gasteiger partial charge in [0, 0.05) is 6.07 Å². The summed E-state index contributed by atoms with van der Waals surface area (Å²) in [6.07, 6.45) is 0. The number of benzene rings is 1. The van der Waals surface area contributed by atoms with Crippen LogP contribution in [0.4, 0.5) is 11.4 Å². The summed E-state index contributed by atoms with van der Waals surface area (Å²) in [7, 11) is 0. The Hall–Kier alpha value is -2.06. The number of aryl methyl sites for hydroxylation is 1. The average molecular weight is 205 g/mol. The molecular formula is C10H11N3O2. The molecule has 0 heterocycles. The molecule has 4 N–H and O–H groups in total. The molecule has 0 aliphatic rings. The van der Waals surface area contributed by atoms with Crippen LogP contribution in [0.25, 0.3) is 0 Å². The van der Waals surface area contributed by atoms with Gasteiger partial charge in [0.2, 0.25) is 0 Å². The van der Waals surface area contributed by atoms with Crippen LogP contribution in [0, 0.1) is 28.9 Å². The summed E-state index contributed by atoms with van der Waals surface area (Å²) in [5.74, 6) is 5.32. The predicted molar refractivity (Wildman–Crippen MR) is 58.2 cm³/mol. The third kappa shape index (κ3) is 2.45. The Labute approximate surface area is 87.2 Å². The molecule has 1 aromatic carbocycles. The first-order valence-electron chi connectivity index (χ1n) is 4.29. The van der Waals surface area contributed by atoms with Crippen LogP contribution in [0.3, 0.4) is 0 Å². The van der Waals surface area contributed by atoms with E-state index in [2.05, 4.69) is 11.8 Å². The van der Waals surface area contributed by atoms with Gasteiger partial charge in [0.25, 0.3) is 5.69 Å². The van der Waals surface area contributed by atoms with Gasteiger partial charge in [0.05, 0.1) is 17.0 Å². The Morgan fingerprint density at radius 2 is 2.20 bits per heavy atom. The standard InChI is InChI=1S/C10H11N3O2/c1-7-5-8(3-2-4-11)10(12)9(6-7)13(14)15/h5-6H,4,11-12H2,1H3. The van der Waals surface area contributed by atoms with Gasteiger partial charge in [-0.3, -0.25) is 10.1 Å². The fourth-order valence-corrected chi connectivity index (χ4v) is 1.18. The van der Waals surface area contributed by atoms with Crippen LogP contribution < -0.4 is 11.5 Å². The number of rotatable bonds is 1. The SMILES string of the molecule is Cc1cc(C#CCN)c(N)c([N+](=O)[O-])c1. The molecule has 5 nitrogen and oxygen atoms in total. The molecule has 0 spiro atoms. The highest BCUT2D eigenvalue weighted by Crippen LogP contribution is 2.26. The molecule has 0 aromatic heterocycles. The van der Waals surface area contributed by atoms with Crippen LogP contribution >= 0.6 is 0 Å². The summed E-state index contributed by atoms with van der Waals surface area (Å²) < 4.78 is 0. The number of hydrogen-bond donors (Lipinski definition) is 2. The lowest BCUT2D eigenvalue weighted by molar-refractivity contribution is -0.383. The topological polar surface area (TPSA) is 95.2 Å². The Balaban J connectivity index is 3.34. The number of nitro benzene ring substituents is 1. The van der Waals surface area contributed by atoms with Gasteiger partial charge in [-0.1, -0.05) is 11.8 Å². The van der Waals surface area contributed by atoms with Crippen LogP contribution in [0.2, 0.25) is 0 Å². The van der Waals surface area contributed by atoms with E-state index in [4.69, 9.17) is 11.5 Å². The molecule has 0 bridgehead atoms. The summed E-state index contributed by atoms with van der Waals surface area (Å²) in [4.78, 5) is 10.1.